The molecule has 1 aromatic carbocycles. The summed E-state index contributed by atoms with van der Waals surface area (Å²) in [5.41, 5.74) is 3.90. The fraction of sp³-hybridized carbons (Fsp3) is 0.500. The molecule has 0 aliphatic rings. The first-order valence-corrected chi connectivity index (χ1v) is 8.65. The van der Waals surface area contributed by atoms with Gasteiger partial charge in [0.2, 0.25) is 0 Å². The first-order chi connectivity index (χ1) is 11.6. The van der Waals surface area contributed by atoms with Gasteiger partial charge < -0.3 is 14.3 Å². The Balaban J connectivity index is 1.82. The summed E-state index contributed by atoms with van der Waals surface area (Å²) in [6.07, 6.45) is 2.18. The molecule has 0 saturated carbocycles. The first kappa shape index (κ1) is 18.7. The van der Waals surface area contributed by atoms with Crippen LogP contribution in [0.2, 0.25) is 0 Å². The molecule has 0 unspecified atom stereocenters. The highest BCUT2D eigenvalue weighted by molar-refractivity contribution is 5.30. The van der Waals surface area contributed by atoms with Gasteiger partial charge in [0.05, 0.1) is 19.0 Å². The second kappa shape index (κ2) is 9.62. The number of aryl methyl sites for hydroxylation is 2. The molecular weight excluding hydrogens is 302 g/mol. The van der Waals surface area contributed by atoms with Crippen molar-refractivity contribution >= 4 is 0 Å². The van der Waals surface area contributed by atoms with Gasteiger partial charge in [-0.25, -0.2) is 0 Å². The van der Waals surface area contributed by atoms with Gasteiger partial charge in [0, 0.05) is 13.1 Å². The molecule has 1 heterocycles. The predicted octanol–water partition coefficient (Wildman–Crippen LogP) is 3.69. The van der Waals surface area contributed by atoms with E-state index in [0.29, 0.717) is 19.8 Å². The van der Waals surface area contributed by atoms with E-state index in [1.165, 1.54) is 16.7 Å². The Bertz CT molecular complexity index is 595. The van der Waals surface area contributed by atoms with Crippen molar-refractivity contribution in [3.8, 4) is 0 Å². The molecule has 0 radical (unpaired) electrons. The highest BCUT2D eigenvalue weighted by Crippen LogP contribution is 2.14. The number of hydrogen-bond acceptors (Lipinski definition) is 4. The van der Waals surface area contributed by atoms with Gasteiger partial charge in [-0.1, -0.05) is 30.7 Å². The van der Waals surface area contributed by atoms with Crippen molar-refractivity contribution in [2.75, 3.05) is 19.7 Å². The van der Waals surface area contributed by atoms with Gasteiger partial charge in [-0.3, -0.25) is 4.90 Å². The number of furan rings is 1. The second-order valence-electron chi connectivity index (χ2n) is 6.41. The van der Waals surface area contributed by atoms with Gasteiger partial charge in [-0.2, -0.15) is 0 Å². The number of rotatable bonds is 10. The number of benzene rings is 1. The van der Waals surface area contributed by atoms with Crippen molar-refractivity contribution < 1.29 is 14.3 Å². The molecule has 0 amide bonds. The number of nitrogens with zero attached hydrogens (tertiary/aromatic N) is 1. The third-order valence-electron chi connectivity index (χ3n) is 4.04. The van der Waals surface area contributed by atoms with Crippen molar-refractivity contribution in [1.82, 2.24) is 4.90 Å². The van der Waals surface area contributed by atoms with Crippen LogP contribution in [0, 0.1) is 13.8 Å². The minimum Gasteiger partial charge on any atom is -0.467 e. The van der Waals surface area contributed by atoms with E-state index in [9.17, 15) is 5.11 Å². The van der Waals surface area contributed by atoms with E-state index in [1.807, 2.05) is 12.1 Å². The summed E-state index contributed by atoms with van der Waals surface area (Å²) >= 11 is 0. The van der Waals surface area contributed by atoms with E-state index in [-0.39, 0.29) is 0 Å². The molecule has 0 aliphatic carbocycles. The third-order valence-corrected chi connectivity index (χ3v) is 4.04. The molecule has 4 heteroatoms. The molecule has 0 fully saturated rings. The van der Waals surface area contributed by atoms with E-state index in [2.05, 4.69) is 43.9 Å². The number of hydrogen-bond donors (Lipinski definition) is 1. The Hall–Kier alpha value is -1.62. The highest BCUT2D eigenvalue weighted by atomic mass is 16.5. The standard InChI is InChI=1S/C20H29NO3/c1-4-9-21(12-18-8-7-16(2)11-17(18)3)13-19(22)14-23-15-20-6-5-10-24-20/h5-8,10-11,19,22H,4,9,12-15H2,1-3H3/t19-/m0/s1. The van der Waals surface area contributed by atoms with Crippen molar-refractivity contribution in [2.24, 2.45) is 0 Å². The van der Waals surface area contributed by atoms with Crippen molar-refractivity contribution in [3.63, 3.8) is 0 Å². The zero-order valence-corrected chi connectivity index (χ0v) is 15.0. The summed E-state index contributed by atoms with van der Waals surface area (Å²) in [6, 6.07) is 10.3. The molecular formula is C20H29NO3. The fourth-order valence-electron chi connectivity index (χ4n) is 2.86. The Morgan fingerprint density at radius 1 is 1.25 bits per heavy atom. The van der Waals surface area contributed by atoms with Crippen LogP contribution in [-0.4, -0.2) is 35.8 Å². The van der Waals surface area contributed by atoms with Crippen LogP contribution in [0.25, 0.3) is 0 Å². The summed E-state index contributed by atoms with van der Waals surface area (Å²) in [6.45, 7) is 9.56. The van der Waals surface area contributed by atoms with Crippen molar-refractivity contribution in [3.05, 3.63) is 59.0 Å². The van der Waals surface area contributed by atoms with Crippen LogP contribution in [0.3, 0.4) is 0 Å². The van der Waals surface area contributed by atoms with Crippen LogP contribution in [-0.2, 0) is 17.9 Å². The van der Waals surface area contributed by atoms with Crippen LogP contribution >= 0.6 is 0 Å². The molecule has 1 atom stereocenters. The van der Waals surface area contributed by atoms with Crippen molar-refractivity contribution in [1.29, 1.82) is 0 Å². The molecule has 0 spiro atoms. The Morgan fingerprint density at radius 2 is 2.08 bits per heavy atom. The maximum absolute atomic E-state index is 10.3. The molecule has 2 aromatic rings. The quantitative estimate of drug-likeness (QED) is 0.721. The Morgan fingerprint density at radius 3 is 2.75 bits per heavy atom. The smallest absolute Gasteiger partial charge is 0.129 e. The van der Waals surface area contributed by atoms with E-state index in [4.69, 9.17) is 9.15 Å². The SMILES string of the molecule is CCCN(Cc1ccc(C)cc1C)C[C@H](O)COCc1ccco1. The highest BCUT2D eigenvalue weighted by Gasteiger charge is 2.13. The lowest BCUT2D eigenvalue weighted by molar-refractivity contribution is 0.00384. The molecule has 24 heavy (non-hydrogen) atoms. The summed E-state index contributed by atoms with van der Waals surface area (Å²) in [5, 5.41) is 10.3. The largest absolute Gasteiger partial charge is 0.467 e. The normalized spacial score (nSPS) is 12.7. The molecule has 0 saturated heterocycles. The van der Waals surface area contributed by atoms with E-state index >= 15 is 0 Å². The minimum absolute atomic E-state index is 0.313. The minimum atomic E-state index is -0.503. The summed E-state index contributed by atoms with van der Waals surface area (Å²) in [4.78, 5) is 2.29. The van der Waals surface area contributed by atoms with Gasteiger partial charge in [0.1, 0.15) is 12.4 Å². The second-order valence-corrected chi connectivity index (χ2v) is 6.41. The zero-order chi connectivity index (χ0) is 17.4. The topological polar surface area (TPSA) is 45.8 Å². The van der Waals surface area contributed by atoms with Crippen LogP contribution in [0.15, 0.2) is 41.0 Å². The first-order valence-electron chi connectivity index (χ1n) is 8.65. The molecule has 0 bridgehead atoms. The van der Waals surface area contributed by atoms with Gasteiger partial charge in [-0.05, 0) is 50.1 Å². The molecule has 132 valence electrons. The third kappa shape index (κ3) is 6.11. The van der Waals surface area contributed by atoms with Crippen molar-refractivity contribution in [2.45, 2.75) is 46.4 Å². The van der Waals surface area contributed by atoms with Gasteiger partial charge in [-0.15, -0.1) is 0 Å². The summed E-state index contributed by atoms with van der Waals surface area (Å²) in [7, 11) is 0. The van der Waals surface area contributed by atoms with Gasteiger partial charge in [0.25, 0.3) is 0 Å². The Kier molecular flexibility index (Phi) is 7.50. The maximum atomic E-state index is 10.3. The average molecular weight is 331 g/mol. The van der Waals surface area contributed by atoms with Gasteiger partial charge >= 0.3 is 0 Å². The lowest BCUT2D eigenvalue weighted by atomic mass is 10.1. The lowest BCUT2D eigenvalue weighted by Gasteiger charge is -2.25. The molecule has 2 rings (SSSR count). The monoisotopic (exact) mass is 331 g/mol. The molecule has 1 aromatic heterocycles. The van der Waals surface area contributed by atoms with Gasteiger partial charge in [0.15, 0.2) is 0 Å². The van der Waals surface area contributed by atoms with E-state index < -0.39 is 6.10 Å². The average Bonchev–Trinajstić information content (AvgIpc) is 3.03. The molecule has 4 nitrogen and oxygen atoms in total. The number of aliphatic hydroxyl groups is 1. The maximum Gasteiger partial charge on any atom is 0.129 e. The number of aliphatic hydroxyl groups excluding tert-OH is 1. The van der Waals surface area contributed by atoms with Crippen LogP contribution in [0.4, 0.5) is 0 Å². The number of ether oxygens (including phenoxy) is 1. The fourth-order valence-corrected chi connectivity index (χ4v) is 2.86. The molecule has 1 N–H and O–H groups in total. The summed E-state index contributed by atoms with van der Waals surface area (Å²) < 4.78 is 10.8. The van der Waals surface area contributed by atoms with E-state index in [1.54, 1.807) is 6.26 Å². The molecule has 0 aliphatic heterocycles. The predicted molar refractivity (Wildman–Crippen MR) is 95.9 cm³/mol. The van der Waals surface area contributed by atoms with Crippen LogP contribution < -0.4 is 0 Å². The van der Waals surface area contributed by atoms with Crippen LogP contribution in [0.1, 0.15) is 35.8 Å². The summed E-state index contributed by atoms with van der Waals surface area (Å²) in [5.74, 6) is 0.780. The van der Waals surface area contributed by atoms with E-state index in [0.717, 1.165) is 25.3 Å². The zero-order valence-electron chi connectivity index (χ0n) is 15.0. The van der Waals surface area contributed by atoms with Crippen LogP contribution in [0.5, 0.6) is 0 Å². The lowest BCUT2D eigenvalue weighted by Crippen LogP contribution is -2.35. The Labute approximate surface area is 145 Å².